The van der Waals surface area contributed by atoms with Crippen LogP contribution in [-0.4, -0.2) is 45.3 Å². The van der Waals surface area contributed by atoms with E-state index in [0.717, 1.165) is 0 Å². The molecule has 0 aromatic rings. The average molecular weight is 347 g/mol. The maximum atomic E-state index is 8.69. The van der Waals surface area contributed by atoms with Crippen LogP contribution in [0, 0.1) is 0 Å². The zero-order valence-corrected chi connectivity index (χ0v) is 8.19. The fraction of sp³-hybridized carbons (Fsp3) is 0. The summed E-state index contributed by atoms with van der Waals surface area (Å²) in [5.74, 6) is 0. The summed E-state index contributed by atoms with van der Waals surface area (Å²) in [6.45, 7) is 0. The van der Waals surface area contributed by atoms with Crippen LogP contribution in [0.1, 0.15) is 0 Å². The van der Waals surface area contributed by atoms with Crippen LogP contribution in [0.4, 0.5) is 0 Å². The molecule has 0 saturated heterocycles. The van der Waals surface area contributed by atoms with Crippen molar-refractivity contribution in [2.24, 2.45) is 0 Å². The van der Waals surface area contributed by atoms with Crippen molar-refractivity contribution in [3.8, 4) is 0 Å². The van der Waals surface area contributed by atoms with Gasteiger partial charge in [-0.1, -0.05) is 0 Å². The average Bonchev–Trinajstić information content (AvgIpc) is 0.811. The summed E-state index contributed by atoms with van der Waals surface area (Å²) in [6.07, 6.45) is 0. The fourth-order valence-electron chi connectivity index (χ4n) is 0. The van der Waals surface area contributed by atoms with Crippen molar-refractivity contribution in [2.45, 2.75) is 0 Å². The van der Waals surface area contributed by atoms with Gasteiger partial charge in [0.15, 0.2) is 0 Å². The Balaban J connectivity index is -0.0000000450. The van der Waals surface area contributed by atoms with Gasteiger partial charge in [0.05, 0.1) is 0 Å². The predicted octanol–water partition coefficient (Wildman–Crippen LogP) is -2.75. The molecule has 0 spiro atoms. The normalized spacial score (nSPS) is 4.00. The van der Waals surface area contributed by atoms with Crippen LogP contribution >= 0.6 is 0 Å². The Hall–Kier alpha value is 0.786. The zero-order chi connectivity index (χ0) is 3.58. The number of hydrogen-bond donors (Lipinski definition) is 1. The van der Waals surface area contributed by atoms with Crippen LogP contribution in [-0.2, 0) is 9.25 Å². The molecule has 4 nitrogen and oxygen atoms in total. The van der Waals surface area contributed by atoms with Gasteiger partial charge >= 0.3 is 53.2 Å². The monoisotopic (exact) mass is 348 g/mol. The first kappa shape index (κ1) is 15.8. The molecular weight excluding hydrogens is 346 g/mol. The van der Waals surface area contributed by atoms with Crippen LogP contribution < -0.4 is 4.13 Å². The van der Waals surface area contributed by atoms with Gasteiger partial charge in [0.25, 0.3) is 0 Å². The zero-order valence-electron chi connectivity index (χ0n) is 2.62. The van der Waals surface area contributed by atoms with Crippen LogP contribution in [0.3, 0.4) is 0 Å². The summed E-state index contributed by atoms with van der Waals surface area (Å²) in [7, 11) is 0. The van der Waals surface area contributed by atoms with Crippen molar-refractivity contribution in [3.05, 3.63) is 0 Å². The topological polar surface area (TPSA) is 88.9 Å². The molecule has 0 unspecified atom stereocenters. The molecule has 0 aliphatic rings. The Labute approximate surface area is 58.6 Å². The van der Waals surface area contributed by atoms with Gasteiger partial charge in [-0.15, -0.1) is 0 Å². The summed E-state index contributed by atoms with van der Waals surface area (Å²) in [5.41, 5.74) is 0. The van der Waals surface area contributed by atoms with E-state index in [-0.39, 0.29) is 31.7 Å². The van der Waals surface area contributed by atoms with Crippen molar-refractivity contribution in [1.82, 2.24) is 0 Å². The van der Waals surface area contributed by atoms with E-state index in [2.05, 4.69) is 0 Å². The summed E-state index contributed by atoms with van der Waals surface area (Å²) in [4.78, 5) is 0. The molecule has 6 heteroatoms. The van der Waals surface area contributed by atoms with Crippen LogP contribution in [0.25, 0.3) is 0 Å². The minimum atomic E-state index is -3.83. The SMILES string of the molecule is [Bi+3].[O-2].[O]=[Ge]([O-])[OH]. The van der Waals surface area contributed by atoms with E-state index in [1.165, 1.54) is 0 Å². The molecule has 2 radical (unpaired) electrons. The van der Waals surface area contributed by atoms with Crippen molar-refractivity contribution in [3.63, 3.8) is 0 Å². The summed E-state index contributed by atoms with van der Waals surface area (Å²) in [5, 5.41) is 0. The molecule has 1 N–H and O–H groups in total. The molecule has 0 bridgehead atoms. The van der Waals surface area contributed by atoms with Gasteiger partial charge in [0, 0.05) is 0 Å². The molecule has 6 heavy (non-hydrogen) atoms. The van der Waals surface area contributed by atoms with Gasteiger partial charge in [0.1, 0.15) is 0 Å². The van der Waals surface area contributed by atoms with Crippen molar-refractivity contribution < 1.29 is 17.5 Å². The van der Waals surface area contributed by atoms with Crippen molar-refractivity contribution in [1.29, 1.82) is 0 Å². The van der Waals surface area contributed by atoms with Crippen LogP contribution in [0.15, 0.2) is 0 Å². The molecule has 0 fully saturated rings. The minimum absolute atomic E-state index is 0. The molecule has 0 aromatic heterocycles. The second-order valence-corrected chi connectivity index (χ2v) is 1.38. The molecule has 0 saturated carbocycles. The van der Waals surface area contributed by atoms with E-state index in [9.17, 15) is 0 Å². The third kappa shape index (κ3) is 111. The Morgan fingerprint density at radius 3 is 1.67 bits per heavy atom. The second kappa shape index (κ2) is 9.25. The van der Waals surface area contributed by atoms with E-state index >= 15 is 0 Å². The molecule has 0 amide bonds. The third-order valence-electron chi connectivity index (χ3n) is 0. The van der Waals surface area contributed by atoms with E-state index in [1.54, 1.807) is 0 Å². The Kier molecular flexibility index (Phi) is 24.4. The number of rotatable bonds is 0. The molecule has 0 aromatic carbocycles. The molecular formula is HBiGeO4. The molecule has 0 atom stereocenters. The fourth-order valence-corrected chi connectivity index (χ4v) is 0. The molecule has 0 heterocycles. The number of hydrogen-bond acceptors (Lipinski definition) is 2. The van der Waals surface area contributed by atoms with Gasteiger partial charge in [0.2, 0.25) is 0 Å². The van der Waals surface area contributed by atoms with Crippen LogP contribution in [0.2, 0.25) is 0 Å². The Morgan fingerprint density at radius 2 is 1.67 bits per heavy atom. The Morgan fingerprint density at radius 1 is 1.67 bits per heavy atom. The first-order valence-corrected chi connectivity index (χ1v) is 3.28. The van der Waals surface area contributed by atoms with E-state index < -0.39 is 15.0 Å². The summed E-state index contributed by atoms with van der Waals surface area (Å²) >= 11 is -3.83. The van der Waals surface area contributed by atoms with Crippen molar-refractivity contribution in [2.75, 3.05) is 0 Å². The van der Waals surface area contributed by atoms with Gasteiger partial charge in [-0.2, -0.15) is 0 Å². The standard InChI is InChI=1S/Bi.GeHO3.O/c;2-1(3)4;/h;2H;/q+3;-1;-2. The van der Waals surface area contributed by atoms with Crippen molar-refractivity contribution >= 4 is 41.2 Å². The predicted molar refractivity (Wildman–Crippen MR) is 15.1 cm³/mol. The van der Waals surface area contributed by atoms with Gasteiger partial charge in [-0.05, 0) is 0 Å². The maximum absolute atomic E-state index is 8.69. The third-order valence-corrected chi connectivity index (χ3v) is 0. The van der Waals surface area contributed by atoms with E-state index in [1.807, 2.05) is 0 Å². The van der Waals surface area contributed by atoms with Gasteiger partial charge in [-0.25, -0.2) is 0 Å². The first-order valence-electron chi connectivity index (χ1n) is 0.632. The van der Waals surface area contributed by atoms with Crippen LogP contribution in [0.5, 0.6) is 0 Å². The van der Waals surface area contributed by atoms with E-state index in [0.29, 0.717) is 0 Å². The Bertz CT molecular complexity index is 30.5. The van der Waals surface area contributed by atoms with E-state index in [4.69, 9.17) is 12.0 Å². The molecule has 0 aliphatic carbocycles. The quantitative estimate of drug-likeness (QED) is 0.483. The van der Waals surface area contributed by atoms with Gasteiger partial charge in [-0.3, -0.25) is 0 Å². The summed E-state index contributed by atoms with van der Waals surface area (Å²) < 4.78 is 24.5. The summed E-state index contributed by atoms with van der Waals surface area (Å²) in [6, 6.07) is 0. The molecule has 34 valence electrons. The molecule has 0 aliphatic heterocycles. The molecule has 0 rings (SSSR count). The second-order valence-electron chi connectivity index (χ2n) is 0.266. The first-order chi connectivity index (χ1) is 1.73. The van der Waals surface area contributed by atoms with Gasteiger partial charge < -0.3 is 5.48 Å².